The zero-order chi connectivity index (χ0) is 7.40. The Labute approximate surface area is 61.8 Å². The summed E-state index contributed by atoms with van der Waals surface area (Å²) in [7, 11) is -0.468. The predicted octanol–water partition coefficient (Wildman–Crippen LogP) is 1.87. The highest BCUT2D eigenvalue weighted by Gasteiger charge is 1.88. The van der Waals surface area contributed by atoms with E-state index in [1.165, 1.54) is 5.56 Å². The Bertz CT molecular complexity index is 195. The van der Waals surface area contributed by atoms with Crippen LogP contribution in [0.25, 0.3) is 0 Å². The van der Waals surface area contributed by atoms with Gasteiger partial charge in [0.05, 0.1) is 0 Å². The van der Waals surface area contributed by atoms with E-state index in [0.29, 0.717) is 5.75 Å². The molecule has 54 valence electrons. The average Bonchev–Trinajstić information content (AvgIpc) is 1.95. The van der Waals surface area contributed by atoms with Crippen molar-refractivity contribution in [2.24, 2.45) is 0 Å². The van der Waals surface area contributed by atoms with E-state index >= 15 is 0 Å². The van der Waals surface area contributed by atoms with E-state index in [4.69, 9.17) is 9.42 Å². The van der Waals surface area contributed by atoms with Crippen molar-refractivity contribution in [3.05, 3.63) is 29.8 Å². The molecule has 0 aliphatic heterocycles. The molecule has 1 rings (SSSR count). The van der Waals surface area contributed by atoms with Crippen LogP contribution in [-0.2, 0) is 0 Å². The molecule has 1 unspecified atom stereocenters. The van der Waals surface area contributed by atoms with Crippen LogP contribution in [0.4, 0.5) is 0 Å². The molecule has 0 aliphatic rings. The van der Waals surface area contributed by atoms with E-state index in [-0.39, 0.29) is 0 Å². The van der Waals surface area contributed by atoms with E-state index in [1.807, 2.05) is 31.2 Å². The number of aryl methyl sites for hydroxylation is 1. The minimum atomic E-state index is -0.468. The zero-order valence-electron chi connectivity index (χ0n) is 5.66. The zero-order valence-corrected chi connectivity index (χ0v) is 6.66. The molecule has 1 aromatic carbocycles. The minimum absolute atomic E-state index is 0.468. The molecule has 0 radical (unpaired) electrons. The molecule has 0 aromatic heterocycles. The second kappa shape index (κ2) is 3.55. The molecular formula is C7H9O2P. The monoisotopic (exact) mass is 156 g/mol. The summed E-state index contributed by atoms with van der Waals surface area (Å²) in [5.41, 5.74) is 1.19. The Balaban J connectivity index is 2.69. The van der Waals surface area contributed by atoms with Crippen molar-refractivity contribution in [2.75, 3.05) is 0 Å². The Hall–Kier alpha value is -0.590. The maximum atomic E-state index is 8.39. The van der Waals surface area contributed by atoms with Gasteiger partial charge in [0.1, 0.15) is 5.75 Å². The SMILES string of the molecule is Cc1ccc(OPO)cc1. The molecule has 0 saturated heterocycles. The first-order valence-corrected chi connectivity index (χ1v) is 3.81. The van der Waals surface area contributed by atoms with E-state index < -0.39 is 9.03 Å². The van der Waals surface area contributed by atoms with Crippen LogP contribution >= 0.6 is 9.03 Å². The normalized spacial score (nSPS) is 10.6. The van der Waals surface area contributed by atoms with Crippen LogP contribution in [-0.4, -0.2) is 4.89 Å². The van der Waals surface area contributed by atoms with Gasteiger partial charge >= 0.3 is 0 Å². The van der Waals surface area contributed by atoms with Crippen LogP contribution in [0.15, 0.2) is 24.3 Å². The highest BCUT2D eigenvalue weighted by atomic mass is 31.1. The van der Waals surface area contributed by atoms with Gasteiger partial charge in [-0.15, -0.1) is 0 Å². The molecule has 1 N–H and O–H groups in total. The van der Waals surface area contributed by atoms with Gasteiger partial charge in [0.2, 0.25) is 9.03 Å². The van der Waals surface area contributed by atoms with Crippen molar-refractivity contribution in [1.29, 1.82) is 0 Å². The maximum absolute atomic E-state index is 8.39. The van der Waals surface area contributed by atoms with E-state index in [2.05, 4.69) is 0 Å². The number of benzene rings is 1. The molecular weight excluding hydrogens is 147 g/mol. The van der Waals surface area contributed by atoms with Gasteiger partial charge in [-0.3, -0.25) is 0 Å². The van der Waals surface area contributed by atoms with E-state index in [1.54, 1.807) is 0 Å². The number of rotatable bonds is 2. The molecule has 0 fully saturated rings. The summed E-state index contributed by atoms with van der Waals surface area (Å²) in [5, 5.41) is 0. The standard InChI is InChI=1S/C7H9O2P/c1-6-2-4-7(5-3-6)9-10-8/h2-5,8,10H,1H3. The van der Waals surface area contributed by atoms with Crippen molar-refractivity contribution >= 4 is 9.03 Å². The van der Waals surface area contributed by atoms with E-state index in [9.17, 15) is 0 Å². The highest BCUT2D eigenvalue weighted by molar-refractivity contribution is 7.25. The summed E-state index contributed by atoms with van der Waals surface area (Å²) >= 11 is 0. The van der Waals surface area contributed by atoms with Crippen molar-refractivity contribution in [1.82, 2.24) is 0 Å². The summed E-state index contributed by atoms with van der Waals surface area (Å²) in [6, 6.07) is 7.54. The van der Waals surface area contributed by atoms with Crippen molar-refractivity contribution in [3.8, 4) is 5.75 Å². The summed E-state index contributed by atoms with van der Waals surface area (Å²) in [6.07, 6.45) is 0. The quantitative estimate of drug-likeness (QED) is 0.662. The fourth-order valence-corrected chi connectivity index (χ4v) is 0.901. The fourth-order valence-electron chi connectivity index (χ4n) is 0.659. The molecule has 0 heterocycles. The largest absolute Gasteiger partial charge is 0.450 e. The Morgan fingerprint density at radius 3 is 2.40 bits per heavy atom. The molecule has 2 nitrogen and oxygen atoms in total. The van der Waals surface area contributed by atoms with Crippen molar-refractivity contribution < 1.29 is 9.42 Å². The molecule has 1 atom stereocenters. The molecule has 10 heavy (non-hydrogen) atoms. The van der Waals surface area contributed by atoms with Gasteiger partial charge in [-0.05, 0) is 19.1 Å². The lowest BCUT2D eigenvalue weighted by Crippen LogP contribution is -1.76. The second-order valence-corrected chi connectivity index (χ2v) is 2.39. The van der Waals surface area contributed by atoms with Crippen LogP contribution in [0.3, 0.4) is 0 Å². The smallest absolute Gasteiger partial charge is 0.212 e. The average molecular weight is 156 g/mol. The Morgan fingerprint density at radius 1 is 1.30 bits per heavy atom. The van der Waals surface area contributed by atoms with Gasteiger partial charge < -0.3 is 9.42 Å². The van der Waals surface area contributed by atoms with Gasteiger partial charge in [-0.2, -0.15) is 0 Å². The third-order valence-corrected chi connectivity index (χ3v) is 1.51. The van der Waals surface area contributed by atoms with Crippen LogP contribution < -0.4 is 4.52 Å². The number of hydrogen-bond donors (Lipinski definition) is 1. The van der Waals surface area contributed by atoms with Crippen molar-refractivity contribution in [3.63, 3.8) is 0 Å². The number of hydrogen-bond acceptors (Lipinski definition) is 2. The maximum Gasteiger partial charge on any atom is 0.212 e. The topological polar surface area (TPSA) is 29.5 Å². The minimum Gasteiger partial charge on any atom is -0.450 e. The lowest BCUT2D eigenvalue weighted by molar-refractivity contribution is 0.514. The van der Waals surface area contributed by atoms with Gasteiger partial charge in [0.15, 0.2) is 0 Å². The molecule has 1 aromatic rings. The van der Waals surface area contributed by atoms with Crippen LogP contribution in [0.5, 0.6) is 5.75 Å². The molecule has 0 spiro atoms. The molecule has 3 heteroatoms. The first-order valence-electron chi connectivity index (χ1n) is 2.95. The lowest BCUT2D eigenvalue weighted by Gasteiger charge is -1.99. The van der Waals surface area contributed by atoms with E-state index in [0.717, 1.165) is 0 Å². The highest BCUT2D eigenvalue weighted by Crippen LogP contribution is 2.17. The summed E-state index contributed by atoms with van der Waals surface area (Å²) < 4.78 is 4.84. The van der Waals surface area contributed by atoms with Crippen LogP contribution in [0.1, 0.15) is 5.56 Å². The third-order valence-electron chi connectivity index (χ3n) is 1.18. The summed E-state index contributed by atoms with van der Waals surface area (Å²) in [6.45, 7) is 2.00. The third kappa shape index (κ3) is 1.98. The fraction of sp³-hybridized carbons (Fsp3) is 0.143. The summed E-state index contributed by atoms with van der Waals surface area (Å²) in [4.78, 5) is 8.39. The van der Waals surface area contributed by atoms with Crippen LogP contribution in [0.2, 0.25) is 0 Å². The van der Waals surface area contributed by atoms with Gasteiger partial charge in [0.25, 0.3) is 0 Å². The predicted molar refractivity (Wildman–Crippen MR) is 42.3 cm³/mol. The lowest BCUT2D eigenvalue weighted by atomic mass is 10.2. The first kappa shape index (κ1) is 7.52. The molecule has 0 saturated carbocycles. The first-order chi connectivity index (χ1) is 4.83. The molecule has 0 aliphatic carbocycles. The van der Waals surface area contributed by atoms with Gasteiger partial charge in [-0.1, -0.05) is 17.7 Å². The summed E-state index contributed by atoms with van der Waals surface area (Å²) in [5.74, 6) is 0.714. The Kier molecular flexibility index (Phi) is 2.67. The van der Waals surface area contributed by atoms with Crippen LogP contribution in [0, 0.1) is 6.92 Å². The Morgan fingerprint density at radius 2 is 1.90 bits per heavy atom. The molecule has 0 bridgehead atoms. The van der Waals surface area contributed by atoms with Gasteiger partial charge in [-0.25, -0.2) is 0 Å². The van der Waals surface area contributed by atoms with Crippen molar-refractivity contribution in [2.45, 2.75) is 6.92 Å². The molecule has 0 amide bonds. The van der Waals surface area contributed by atoms with Gasteiger partial charge in [0, 0.05) is 0 Å². The second-order valence-electron chi connectivity index (χ2n) is 2.01.